The molecule has 0 radical (unpaired) electrons. The number of carboxylic acid groups (broad SMARTS) is 6. The number of aliphatic carboxylic acids is 6. The van der Waals surface area contributed by atoms with Crippen LogP contribution in [0.2, 0.25) is 0 Å². The SMILES string of the molecule is CC(Oc1ccc(C(=O)c2ccc3n2CCC3C(=O)O)cc1)C(Oc1ccc(C(=O)c2ccc3n2CCC3C(=O)O)cc1)C(Oc1ccc(C(=O)c2ccc3n2CCC3C(=O)O)cc1)C(Oc1ccc(C(=O)c2ccc3n2CCC3C(=O)O)cc1)C(COc1ccc(C(=O)c2ccc3n2CCC3C(=O)O)cc1)Oc1ccc(C(=O)c2ccc3n2CCC3C(=O)O)cc1. The van der Waals surface area contributed by atoms with Gasteiger partial charge in [-0.2, -0.15) is 0 Å². The lowest BCUT2D eigenvalue weighted by molar-refractivity contribution is -0.139. The number of hydrogen-bond acceptors (Lipinski definition) is 18. The van der Waals surface area contributed by atoms with Crippen molar-refractivity contribution in [2.45, 2.75) is 151 Å². The number of ether oxygens (including phenoxy) is 6. The van der Waals surface area contributed by atoms with Gasteiger partial charge in [0.2, 0.25) is 34.7 Å². The highest BCUT2D eigenvalue weighted by Gasteiger charge is 2.47. The summed E-state index contributed by atoms with van der Waals surface area (Å²) < 4.78 is 53.5. The summed E-state index contributed by atoms with van der Waals surface area (Å²) >= 11 is 0. The molecule has 0 amide bonds. The summed E-state index contributed by atoms with van der Waals surface area (Å²) in [6, 6.07) is 56.1. The topological polar surface area (TPSA) is 411 Å². The molecule has 0 saturated heterocycles. The lowest BCUT2D eigenvalue weighted by atomic mass is 9.97. The van der Waals surface area contributed by atoms with Crippen molar-refractivity contribution >= 4 is 70.5 Å². The summed E-state index contributed by atoms with van der Waals surface area (Å²) in [6.07, 6.45) is -5.81. The van der Waals surface area contributed by atoms with Crippen molar-refractivity contribution < 1.29 is 117 Å². The van der Waals surface area contributed by atoms with Crippen molar-refractivity contribution in [1.29, 1.82) is 0 Å². The average molecular weight is 1720 g/mol. The molecule has 12 heterocycles. The maximum Gasteiger partial charge on any atom is 0.312 e. The highest BCUT2D eigenvalue weighted by molar-refractivity contribution is 6.12. The molecule has 11 unspecified atom stereocenters. The van der Waals surface area contributed by atoms with E-state index in [1.54, 1.807) is 156 Å². The summed E-state index contributed by atoms with van der Waals surface area (Å²) in [5, 5.41) is 60.3. The third kappa shape index (κ3) is 15.6. The number of nitrogens with zero attached hydrogens (tertiary/aromatic N) is 6. The molecule has 0 fully saturated rings. The van der Waals surface area contributed by atoms with Crippen LogP contribution in [0.15, 0.2) is 218 Å². The number of carboxylic acids is 6. The largest absolute Gasteiger partial charge is 0.490 e. The molecule has 0 aliphatic carbocycles. The zero-order valence-electron chi connectivity index (χ0n) is 68.0. The molecule has 0 bridgehead atoms. The summed E-state index contributed by atoms with van der Waals surface area (Å²) in [7, 11) is 0. The predicted octanol–water partition coefficient (Wildman–Crippen LogP) is 12.9. The highest BCUT2D eigenvalue weighted by Crippen LogP contribution is 2.41. The van der Waals surface area contributed by atoms with Gasteiger partial charge in [-0.1, -0.05) is 0 Å². The van der Waals surface area contributed by atoms with E-state index in [0.29, 0.717) is 60.1 Å². The van der Waals surface area contributed by atoms with E-state index in [0.717, 1.165) is 0 Å². The summed E-state index contributed by atoms with van der Waals surface area (Å²) in [5.74, 6) is -12.8. The van der Waals surface area contributed by atoms with Gasteiger partial charge in [0, 0.05) is 107 Å². The van der Waals surface area contributed by atoms with Crippen molar-refractivity contribution in [3.05, 3.63) is 320 Å². The quantitative estimate of drug-likeness (QED) is 0.0201. The molecule has 11 atom stereocenters. The molecular formula is C97H82N6O24. The molecule has 6 aromatic carbocycles. The molecule has 6 aliphatic heterocycles. The van der Waals surface area contributed by atoms with Gasteiger partial charge in [-0.25, -0.2) is 0 Å². The van der Waals surface area contributed by atoms with Crippen LogP contribution >= 0.6 is 0 Å². The van der Waals surface area contributed by atoms with Gasteiger partial charge in [-0.05, 0) is 264 Å². The Morgan fingerprint density at radius 2 is 0.449 bits per heavy atom. The van der Waals surface area contributed by atoms with Crippen LogP contribution in [-0.4, -0.2) is 166 Å². The van der Waals surface area contributed by atoms with Crippen molar-refractivity contribution in [3.63, 3.8) is 0 Å². The molecule has 0 saturated carbocycles. The van der Waals surface area contributed by atoms with Gasteiger partial charge >= 0.3 is 35.8 Å². The van der Waals surface area contributed by atoms with E-state index in [1.165, 1.54) is 97.1 Å². The fourth-order valence-electron chi connectivity index (χ4n) is 18.8. The Kier molecular flexibility index (Phi) is 21.9. The van der Waals surface area contributed by atoms with Gasteiger partial charge in [0.15, 0.2) is 24.4 Å². The van der Waals surface area contributed by atoms with Gasteiger partial charge in [0.25, 0.3) is 0 Å². The number of benzene rings is 6. The minimum absolute atomic E-state index is 0.0646. The van der Waals surface area contributed by atoms with Crippen LogP contribution in [0.4, 0.5) is 0 Å². The lowest BCUT2D eigenvalue weighted by Gasteiger charge is -2.39. The van der Waals surface area contributed by atoms with Crippen molar-refractivity contribution in [3.8, 4) is 34.5 Å². The van der Waals surface area contributed by atoms with Gasteiger partial charge < -0.3 is 86.5 Å². The van der Waals surface area contributed by atoms with E-state index in [-0.39, 0.29) is 154 Å². The molecule has 30 heteroatoms. The van der Waals surface area contributed by atoms with E-state index in [9.17, 15) is 88.2 Å². The molecule has 0 spiro atoms. The zero-order chi connectivity index (χ0) is 88.5. The van der Waals surface area contributed by atoms with Gasteiger partial charge in [0.05, 0.1) is 69.7 Å². The maximum absolute atomic E-state index is 14.7. The first-order chi connectivity index (χ1) is 61.3. The van der Waals surface area contributed by atoms with Crippen LogP contribution in [0.5, 0.6) is 34.5 Å². The van der Waals surface area contributed by atoms with Crippen LogP contribution in [0.25, 0.3) is 0 Å². The summed E-state index contributed by atoms with van der Waals surface area (Å²) in [5.41, 5.74) is 5.66. The lowest BCUT2D eigenvalue weighted by Crippen LogP contribution is -2.59. The number of carbonyl (C=O) groups excluding carboxylic acids is 6. The van der Waals surface area contributed by atoms with Crippen molar-refractivity contribution in [2.24, 2.45) is 0 Å². The minimum Gasteiger partial charge on any atom is -0.490 e. The highest BCUT2D eigenvalue weighted by atomic mass is 16.6. The Morgan fingerprint density at radius 3 is 0.677 bits per heavy atom. The van der Waals surface area contributed by atoms with Gasteiger partial charge in [0.1, 0.15) is 47.2 Å². The number of carbonyl (C=O) groups is 12. The Morgan fingerprint density at radius 1 is 0.252 bits per heavy atom. The molecule has 644 valence electrons. The Balaban J connectivity index is 0.770. The zero-order valence-corrected chi connectivity index (χ0v) is 68.0. The number of hydrogen-bond donors (Lipinski definition) is 6. The third-order valence-electron chi connectivity index (χ3n) is 25.3. The predicted molar refractivity (Wildman–Crippen MR) is 449 cm³/mol. The molecule has 30 nitrogen and oxygen atoms in total. The molecule has 18 rings (SSSR count). The second-order valence-corrected chi connectivity index (χ2v) is 32.5. The Labute approximate surface area is 722 Å². The third-order valence-corrected chi connectivity index (χ3v) is 25.3. The maximum atomic E-state index is 14.7. The first-order valence-electron chi connectivity index (χ1n) is 41.7. The van der Waals surface area contributed by atoms with Crippen LogP contribution in [0.1, 0.15) is 211 Å². The van der Waals surface area contributed by atoms with Crippen molar-refractivity contribution in [1.82, 2.24) is 27.4 Å². The molecule has 127 heavy (non-hydrogen) atoms. The van der Waals surface area contributed by atoms with E-state index in [2.05, 4.69) is 0 Å². The fourth-order valence-corrected chi connectivity index (χ4v) is 18.8. The summed E-state index contributed by atoms with van der Waals surface area (Å²) in [4.78, 5) is 161. The summed E-state index contributed by atoms with van der Waals surface area (Å²) in [6.45, 7) is 2.88. The standard InChI is InChI=1S/C97H82N6O24/c1-51(123-59-16-4-53(5-17-59)84(105)77-33-27-71-65(93(112)113)39-45-99(71)77)89(125-61-20-8-55(9-21-61)86(107)79-35-29-73-67(95(116)117)41-47-101(73)79)91(127-63-24-12-57(13-25-63)88(109)81-37-31-75-69(97(120)121)43-49-103(75)81)90(126-62-22-10-56(11-23-62)87(108)80-36-30-74-68(96(118)119)42-48-102(74)80)82(124-60-18-6-54(7-19-60)85(106)78-34-28-72-66(94(114)115)40-46-100(72)78)50-122-58-14-2-52(3-15-58)83(104)76-32-26-70-64(92(110)111)38-44-98(70)76/h2-37,51,64-69,82,89-91H,38-50H2,1H3,(H,110,111)(H,112,113)(H,114,115)(H,116,117)(H,118,119)(H,120,121). The van der Waals surface area contributed by atoms with Crippen LogP contribution < -0.4 is 28.4 Å². The molecule has 6 N–H and O–H groups in total. The van der Waals surface area contributed by atoms with Crippen LogP contribution in [-0.2, 0) is 68.0 Å². The number of fused-ring (bicyclic) bond motifs is 6. The van der Waals surface area contributed by atoms with Crippen molar-refractivity contribution in [2.75, 3.05) is 6.61 Å². The number of aromatic nitrogens is 6. The monoisotopic (exact) mass is 1710 g/mol. The average Bonchev–Trinajstić information content (AvgIpc) is 1.49. The first kappa shape index (κ1) is 82.6. The fraction of sp³-hybridized carbons (Fsp3) is 0.258. The molecular weight excluding hydrogens is 1630 g/mol. The molecule has 12 aromatic rings. The molecule has 6 aliphatic rings. The number of rotatable bonds is 35. The van der Waals surface area contributed by atoms with Gasteiger partial charge in [-0.3, -0.25) is 57.5 Å². The second-order valence-electron chi connectivity index (χ2n) is 32.5. The van der Waals surface area contributed by atoms with Gasteiger partial charge in [-0.15, -0.1) is 0 Å². The first-order valence-corrected chi connectivity index (χ1v) is 41.7. The van der Waals surface area contributed by atoms with Crippen LogP contribution in [0, 0.1) is 0 Å². The Bertz CT molecular complexity index is 6440. The van der Waals surface area contributed by atoms with E-state index in [4.69, 9.17) is 28.4 Å². The smallest absolute Gasteiger partial charge is 0.312 e. The molecule has 6 aromatic heterocycles. The normalized spacial score (nSPS) is 18.5. The van der Waals surface area contributed by atoms with E-state index >= 15 is 0 Å². The Hall–Kier alpha value is -15.4. The van der Waals surface area contributed by atoms with Crippen LogP contribution in [0.3, 0.4) is 0 Å². The number of ketones is 6. The van der Waals surface area contributed by atoms with E-state index in [1.807, 2.05) is 0 Å². The second kappa shape index (κ2) is 33.7. The van der Waals surface area contributed by atoms with E-state index < -0.39 is 143 Å². The minimum atomic E-state index is -1.63.